The maximum atomic E-state index is 13.5. The molecule has 0 atom stereocenters. The summed E-state index contributed by atoms with van der Waals surface area (Å²) in [5.41, 5.74) is 2.56. The van der Waals surface area contributed by atoms with Gasteiger partial charge in [0.15, 0.2) is 5.57 Å². The Balaban J connectivity index is 1.76. The molecule has 35 heavy (non-hydrogen) atoms. The first-order valence-electron chi connectivity index (χ1n) is 11.6. The predicted molar refractivity (Wildman–Crippen MR) is 140 cm³/mol. The van der Waals surface area contributed by atoms with E-state index in [1.165, 1.54) is 15.9 Å². The van der Waals surface area contributed by atoms with Gasteiger partial charge in [-0.15, -0.1) is 22.7 Å². The number of thiazole rings is 1. The number of aromatic nitrogens is 1. The van der Waals surface area contributed by atoms with Gasteiger partial charge in [0, 0.05) is 31.1 Å². The van der Waals surface area contributed by atoms with Gasteiger partial charge >= 0.3 is 0 Å². The third-order valence-electron chi connectivity index (χ3n) is 5.96. The lowest BCUT2D eigenvalue weighted by molar-refractivity contribution is -0.115. The van der Waals surface area contributed by atoms with E-state index in [-0.39, 0.29) is 11.1 Å². The second-order valence-corrected chi connectivity index (χ2v) is 10.2. The number of hydrogen-bond donors (Lipinski definition) is 1. The highest BCUT2D eigenvalue weighted by atomic mass is 32.1. The molecule has 3 aromatic rings. The molecule has 0 aliphatic carbocycles. The van der Waals surface area contributed by atoms with Crippen LogP contribution in [0, 0.1) is 18.3 Å². The van der Waals surface area contributed by atoms with Crippen LogP contribution in [0.2, 0.25) is 0 Å². The molecule has 1 aliphatic rings. The van der Waals surface area contributed by atoms with E-state index in [9.17, 15) is 14.9 Å². The lowest BCUT2D eigenvalue weighted by atomic mass is 10.1. The predicted octanol–water partition coefficient (Wildman–Crippen LogP) is 1.78. The smallest absolute Gasteiger partial charge is 0.273 e. The first-order valence-corrected chi connectivity index (χ1v) is 13.3. The fraction of sp³-hybridized carbons (Fsp3) is 0.346. The second-order valence-electron chi connectivity index (χ2n) is 8.24. The number of amides is 1. The number of nitrogens with one attached hydrogen (secondary N) is 1. The van der Waals surface area contributed by atoms with Crippen LogP contribution >= 0.6 is 22.7 Å². The molecule has 0 saturated carbocycles. The number of ether oxygens (including phenoxy) is 1. The molecule has 3 heterocycles. The van der Waals surface area contributed by atoms with Crippen molar-refractivity contribution in [2.75, 3.05) is 39.4 Å². The van der Waals surface area contributed by atoms with E-state index in [1.807, 2.05) is 48.7 Å². The summed E-state index contributed by atoms with van der Waals surface area (Å²) in [6.07, 6.45) is 2.72. The summed E-state index contributed by atoms with van der Waals surface area (Å²) >= 11 is 2.73. The van der Waals surface area contributed by atoms with Gasteiger partial charge in [-0.2, -0.15) is 5.26 Å². The fourth-order valence-corrected chi connectivity index (χ4v) is 5.87. The first kappa shape index (κ1) is 25.1. The van der Waals surface area contributed by atoms with Gasteiger partial charge in [-0.1, -0.05) is 19.1 Å². The molecule has 2 aromatic heterocycles. The highest BCUT2D eigenvalue weighted by molar-refractivity contribution is 7.11. The number of carbonyl (C=O) groups is 1. The first-order chi connectivity index (χ1) is 17.0. The molecule has 0 unspecified atom stereocenters. The minimum absolute atomic E-state index is 0.0591. The summed E-state index contributed by atoms with van der Waals surface area (Å²) in [5, 5.41) is 14.8. The maximum absolute atomic E-state index is 13.5. The molecule has 182 valence electrons. The van der Waals surface area contributed by atoms with Crippen LogP contribution in [0.3, 0.4) is 0 Å². The Bertz CT molecular complexity index is 1400. The van der Waals surface area contributed by atoms with Crippen LogP contribution in [-0.2, 0) is 16.0 Å². The van der Waals surface area contributed by atoms with Crippen LogP contribution in [0.15, 0.2) is 40.5 Å². The summed E-state index contributed by atoms with van der Waals surface area (Å²) in [6.45, 7) is 8.17. The topological polar surface area (TPSA) is 87.4 Å². The number of benzene rings is 1. The molecular weight excluding hydrogens is 480 g/mol. The number of rotatable bonds is 7. The van der Waals surface area contributed by atoms with Crippen molar-refractivity contribution in [1.29, 1.82) is 5.26 Å². The van der Waals surface area contributed by atoms with Crippen molar-refractivity contribution >= 4 is 40.2 Å². The lowest BCUT2D eigenvalue weighted by Gasteiger charge is -2.26. The summed E-state index contributed by atoms with van der Waals surface area (Å²) in [7, 11) is 0. The largest absolute Gasteiger partial charge is 0.379 e. The van der Waals surface area contributed by atoms with E-state index in [0.29, 0.717) is 41.2 Å². The van der Waals surface area contributed by atoms with E-state index in [2.05, 4.69) is 23.2 Å². The minimum atomic E-state index is -0.472. The van der Waals surface area contributed by atoms with Gasteiger partial charge in [0.25, 0.3) is 11.5 Å². The zero-order valence-corrected chi connectivity index (χ0v) is 21.5. The summed E-state index contributed by atoms with van der Waals surface area (Å²) in [4.78, 5) is 29.8. The third-order valence-corrected chi connectivity index (χ3v) is 8.02. The highest BCUT2D eigenvalue weighted by Crippen LogP contribution is 2.16. The van der Waals surface area contributed by atoms with E-state index in [4.69, 9.17) is 4.74 Å². The van der Waals surface area contributed by atoms with Gasteiger partial charge in [0.1, 0.15) is 10.7 Å². The van der Waals surface area contributed by atoms with Crippen LogP contribution in [-0.4, -0.2) is 54.8 Å². The lowest BCUT2D eigenvalue weighted by Crippen LogP contribution is -2.42. The van der Waals surface area contributed by atoms with Crippen LogP contribution in [0.25, 0.3) is 17.3 Å². The van der Waals surface area contributed by atoms with E-state index in [0.717, 1.165) is 35.5 Å². The standard InChI is InChI=1S/C26H28N4O3S2/c1-3-19-4-6-20(7-5-19)30-25(32)23(16-22-18(2)8-15-34-22)35-26(30)21(17-27)24(31)28-9-10-29-11-13-33-14-12-29/h4-8,15-16H,3,9-14H2,1-2H3,(H,28,31)/b23-16+,26-21-. The Hall–Kier alpha value is -3.03. The van der Waals surface area contributed by atoms with Crippen molar-refractivity contribution in [3.05, 3.63) is 71.3 Å². The molecule has 7 nitrogen and oxygen atoms in total. The molecule has 0 bridgehead atoms. The van der Waals surface area contributed by atoms with Gasteiger partial charge in [-0.3, -0.25) is 19.1 Å². The van der Waals surface area contributed by atoms with E-state index < -0.39 is 5.91 Å². The normalized spacial score (nSPS) is 15.6. The van der Waals surface area contributed by atoms with Crippen LogP contribution in [0.4, 0.5) is 0 Å². The Morgan fingerprint density at radius 1 is 1.23 bits per heavy atom. The third kappa shape index (κ3) is 5.80. The molecule has 9 heteroatoms. The van der Waals surface area contributed by atoms with Crippen molar-refractivity contribution in [3.8, 4) is 11.8 Å². The number of nitriles is 1. The molecule has 1 fully saturated rings. The summed E-state index contributed by atoms with van der Waals surface area (Å²) in [6, 6.07) is 11.7. The number of hydrogen-bond acceptors (Lipinski definition) is 7. The number of nitrogens with zero attached hydrogens (tertiary/aromatic N) is 3. The molecular formula is C26H28N4O3S2. The average Bonchev–Trinajstić information content (AvgIpc) is 3.43. The quantitative estimate of drug-likeness (QED) is 0.526. The zero-order chi connectivity index (χ0) is 24.8. The molecule has 1 saturated heterocycles. The number of morpholine rings is 1. The van der Waals surface area contributed by atoms with Crippen LogP contribution < -0.4 is 20.1 Å². The summed E-state index contributed by atoms with van der Waals surface area (Å²) in [5.74, 6) is -0.472. The highest BCUT2D eigenvalue weighted by Gasteiger charge is 2.18. The van der Waals surface area contributed by atoms with Crippen LogP contribution in [0.5, 0.6) is 0 Å². The van der Waals surface area contributed by atoms with Crippen molar-refractivity contribution < 1.29 is 9.53 Å². The molecule has 0 spiro atoms. The van der Waals surface area contributed by atoms with E-state index in [1.54, 1.807) is 11.3 Å². The molecule has 1 N–H and O–H groups in total. The van der Waals surface area contributed by atoms with Crippen molar-refractivity contribution in [1.82, 2.24) is 14.8 Å². The Labute approximate surface area is 212 Å². The van der Waals surface area contributed by atoms with Crippen molar-refractivity contribution in [2.24, 2.45) is 0 Å². The number of carbonyl (C=O) groups excluding carboxylic acids is 1. The van der Waals surface area contributed by atoms with Crippen molar-refractivity contribution in [2.45, 2.75) is 20.3 Å². The Morgan fingerprint density at radius 2 is 1.97 bits per heavy atom. The molecule has 1 aliphatic heterocycles. The Morgan fingerprint density at radius 3 is 2.60 bits per heavy atom. The molecule has 1 amide bonds. The number of aryl methyl sites for hydroxylation is 2. The molecule has 1 aromatic carbocycles. The number of thiophene rings is 1. The maximum Gasteiger partial charge on any atom is 0.273 e. The SMILES string of the molecule is CCc1ccc(-n2c(=O)/c(=C\c3sccc3C)s/c2=C(/C#N)C(=O)NCCN2CCOCC2)cc1. The van der Waals surface area contributed by atoms with Gasteiger partial charge in [-0.25, -0.2) is 0 Å². The minimum Gasteiger partial charge on any atom is -0.379 e. The zero-order valence-electron chi connectivity index (χ0n) is 19.9. The second kappa shape index (κ2) is 11.6. The van der Waals surface area contributed by atoms with Gasteiger partial charge in [-0.05, 0) is 54.1 Å². The van der Waals surface area contributed by atoms with E-state index >= 15 is 0 Å². The van der Waals surface area contributed by atoms with Crippen molar-refractivity contribution in [3.63, 3.8) is 0 Å². The van der Waals surface area contributed by atoms with Gasteiger partial charge < -0.3 is 10.1 Å². The Kier molecular flexibility index (Phi) is 8.31. The molecule has 0 radical (unpaired) electrons. The average molecular weight is 509 g/mol. The van der Waals surface area contributed by atoms with Gasteiger partial charge in [0.2, 0.25) is 0 Å². The fourth-order valence-electron chi connectivity index (χ4n) is 3.85. The summed E-state index contributed by atoms with van der Waals surface area (Å²) < 4.78 is 7.67. The van der Waals surface area contributed by atoms with Crippen LogP contribution in [0.1, 0.15) is 22.9 Å². The van der Waals surface area contributed by atoms with Gasteiger partial charge in [0.05, 0.1) is 23.4 Å². The molecule has 4 rings (SSSR count). The monoisotopic (exact) mass is 508 g/mol.